The number of amides is 1. The maximum Gasteiger partial charge on any atom is 0.264 e. The van der Waals surface area contributed by atoms with Gasteiger partial charge in [-0.3, -0.25) is 9.89 Å². The number of morpholine rings is 1. The number of carbonyl (C=O) groups is 1. The molecule has 2 aromatic heterocycles. The summed E-state index contributed by atoms with van der Waals surface area (Å²) in [6.45, 7) is 3.71. The molecule has 0 aromatic carbocycles. The second-order valence-corrected chi connectivity index (χ2v) is 5.50. The molecule has 1 N–H and O–H groups in total. The van der Waals surface area contributed by atoms with E-state index < -0.39 is 0 Å². The number of nitrogens with one attached hydrogen (secondary N) is 1. The van der Waals surface area contributed by atoms with Crippen molar-refractivity contribution >= 4 is 17.2 Å². The molecule has 3 rings (SSSR count). The van der Waals surface area contributed by atoms with Gasteiger partial charge in [-0.05, 0) is 30.0 Å². The number of hydrogen-bond acceptors (Lipinski definition) is 4. The van der Waals surface area contributed by atoms with Gasteiger partial charge in [-0.2, -0.15) is 5.10 Å². The van der Waals surface area contributed by atoms with Crippen LogP contribution in [0.2, 0.25) is 0 Å². The van der Waals surface area contributed by atoms with E-state index in [-0.39, 0.29) is 11.9 Å². The fourth-order valence-corrected chi connectivity index (χ4v) is 3.09. The summed E-state index contributed by atoms with van der Waals surface area (Å²) in [5.41, 5.74) is 2.04. The summed E-state index contributed by atoms with van der Waals surface area (Å²) < 4.78 is 5.49. The summed E-state index contributed by atoms with van der Waals surface area (Å²) in [5, 5.41) is 8.88. The number of hydrogen-bond donors (Lipinski definition) is 1. The van der Waals surface area contributed by atoms with Crippen molar-refractivity contribution in [3.05, 3.63) is 39.8 Å². The quantitative estimate of drug-likeness (QED) is 0.913. The number of H-pyrrole nitrogens is 1. The average Bonchev–Trinajstić information content (AvgIpc) is 3.09. The largest absolute Gasteiger partial charge is 0.377 e. The van der Waals surface area contributed by atoms with Crippen LogP contribution in [0.15, 0.2) is 23.7 Å². The van der Waals surface area contributed by atoms with Crippen molar-refractivity contribution in [1.29, 1.82) is 0 Å². The van der Waals surface area contributed by atoms with Crippen molar-refractivity contribution in [2.45, 2.75) is 13.0 Å². The van der Waals surface area contributed by atoms with Gasteiger partial charge in [0, 0.05) is 12.7 Å². The topological polar surface area (TPSA) is 58.2 Å². The number of nitrogens with zero attached hydrogens (tertiary/aromatic N) is 2. The smallest absolute Gasteiger partial charge is 0.264 e. The third-order valence-electron chi connectivity index (χ3n) is 3.21. The number of carbonyl (C=O) groups excluding carboxylic acids is 1. The van der Waals surface area contributed by atoms with Gasteiger partial charge in [0.05, 0.1) is 29.8 Å². The van der Waals surface area contributed by atoms with E-state index >= 15 is 0 Å². The van der Waals surface area contributed by atoms with Crippen molar-refractivity contribution in [2.24, 2.45) is 0 Å². The molecule has 0 unspecified atom stereocenters. The molecule has 6 heteroatoms. The van der Waals surface area contributed by atoms with Crippen molar-refractivity contribution in [2.75, 3.05) is 19.8 Å². The Morgan fingerprint density at radius 1 is 1.63 bits per heavy atom. The first-order chi connectivity index (χ1) is 9.25. The van der Waals surface area contributed by atoms with E-state index in [1.807, 2.05) is 29.3 Å². The molecule has 5 nitrogen and oxygen atoms in total. The summed E-state index contributed by atoms with van der Waals surface area (Å²) in [7, 11) is 0. The first-order valence-corrected chi connectivity index (χ1v) is 7.07. The molecule has 100 valence electrons. The zero-order valence-corrected chi connectivity index (χ0v) is 11.4. The maximum atomic E-state index is 12.6. The highest BCUT2D eigenvalue weighted by Crippen LogP contribution is 2.26. The minimum atomic E-state index is -0.0776. The van der Waals surface area contributed by atoms with Crippen LogP contribution in [0.5, 0.6) is 0 Å². The first-order valence-electron chi connectivity index (χ1n) is 6.19. The molecule has 19 heavy (non-hydrogen) atoms. The minimum Gasteiger partial charge on any atom is -0.377 e. The highest BCUT2D eigenvalue weighted by atomic mass is 32.1. The lowest BCUT2D eigenvalue weighted by molar-refractivity contribution is -0.00364. The van der Waals surface area contributed by atoms with Gasteiger partial charge < -0.3 is 9.64 Å². The van der Waals surface area contributed by atoms with E-state index in [1.165, 1.54) is 11.3 Å². The number of aromatic nitrogens is 2. The fourth-order valence-electron chi connectivity index (χ4n) is 2.24. The Morgan fingerprint density at radius 2 is 2.53 bits per heavy atom. The molecule has 1 saturated heterocycles. The molecular weight excluding hydrogens is 262 g/mol. The highest BCUT2D eigenvalue weighted by molar-refractivity contribution is 7.12. The second kappa shape index (κ2) is 5.14. The van der Waals surface area contributed by atoms with Gasteiger partial charge in [-0.25, -0.2) is 0 Å². The van der Waals surface area contributed by atoms with Crippen LogP contribution < -0.4 is 0 Å². The Labute approximate surface area is 115 Å². The van der Waals surface area contributed by atoms with E-state index in [2.05, 4.69) is 10.2 Å². The van der Waals surface area contributed by atoms with Gasteiger partial charge in [0.15, 0.2) is 0 Å². The Morgan fingerprint density at radius 3 is 3.21 bits per heavy atom. The SMILES string of the molecule is Cc1csc(C(=O)N2CCOC[C@@H]2c2ccn[nH]2)c1. The zero-order valence-electron chi connectivity index (χ0n) is 10.6. The van der Waals surface area contributed by atoms with Crippen LogP contribution in [0, 0.1) is 6.92 Å². The Balaban J connectivity index is 1.86. The molecule has 1 atom stereocenters. The van der Waals surface area contributed by atoms with Crippen LogP contribution in [0.25, 0.3) is 0 Å². The number of rotatable bonds is 2. The molecule has 1 amide bonds. The van der Waals surface area contributed by atoms with Crippen LogP contribution in [-0.2, 0) is 4.74 Å². The Bertz CT molecular complexity index is 564. The molecule has 2 aromatic rings. The fraction of sp³-hybridized carbons (Fsp3) is 0.385. The van der Waals surface area contributed by atoms with E-state index in [4.69, 9.17) is 4.74 Å². The van der Waals surface area contributed by atoms with Crippen LogP contribution >= 0.6 is 11.3 Å². The summed E-state index contributed by atoms with van der Waals surface area (Å²) in [5.74, 6) is 0.0704. The van der Waals surface area contributed by atoms with Gasteiger partial charge in [0.1, 0.15) is 0 Å². The Hall–Kier alpha value is -1.66. The number of aryl methyl sites for hydroxylation is 1. The van der Waals surface area contributed by atoms with Gasteiger partial charge in [-0.1, -0.05) is 0 Å². The minimum absolute atomic E-state index is 0.0704. The van der Waals surface area contributed by atoms with E-state index in [0.717, 1.165) is 16.1 Å². The van der Waals surface area contributed by atoms with Crippen molar-refractivity contribution in [1.82, 2.24) is 15.1 Å². The predicted octanol–water partition coefficient (Wildman–Crippen LogP) is 1.99. The number of ether oxygens (including phenoxy) is 1. The predicted molar refractivity (Wildman–Crippen MR) is 72.2 cm³/mol. The lowest BCUT2D eigenvalue weighted by Crippen LogP contribution is -2.43. The van der Waals surface area contributed by atoms with Gasteiger partial charge in [-0.15, -0.1) is 11.3 Å². The van der Waals surface area contributed by atoms with Gasteiger partial charge >= 0.3 is 0 Å². The van der Waals surface area contributed by atoms with Crippen LogP contribution in [0.3, 0.4) is 0 Å². The van der Waals surface area contributed by atoms with Crippen LogP contribution in [0.1, 0.15) is 27.0 Å². The molecule has 0 saturated carbocycles. The molecule has 0 radical (unpaired) electrons. The lowest BCUT2D eigenvalue weighted by Gasteiger charge is -2.34. The summed E-state index contributed by atoms with van der Waals surface area (Å²) >= 11 is 1.49. The molecule has 0 aliphatic carbocycles. The third-order valence-corrected chi connectivity index (χ3v) is 4.25. The molecular formula is C13H15N3O2S. The molecule has 3 heterocycles. The lowest BCUT2D eigenvalue weighted by atomic mass is 10.1. The van der Waals surface area contributed by atoms with Crippen molar-refractivity contribution in [3.8, 4) is 0 Å². The molecule has 0 bridgehead atoms. The molecule has 1 aliphatic heterocycles. The summed E-state index contributed by atoms with van der Waals surface area (Å²) in [6, 6.07) is 3.75. The van der Waals surface area contributed by atoms with Crippen LogP contribution in [0.4, 0.5) is 0 Å². The molecule has 0 spiro atoms. The molecule has 1 fully saturated rings. The number of thiophene rings is 1. The Kier molecular flexibility index (Phi) is 3.35. The zero-order chi connectivity index (χ0) is 13.2. The normalized spacial score (nSPS) is 19.6. The monoisotopic (exact) mass is 277 g/mol. The first kappa shape index (κ1) is 12.4. The summed E-state index contributed by atoms with van der Waals surface area (Å²) in [6.07, 6.45) is 1.70. The highest BCUT2D eigenvalue weighted by Gasteiger charge is 2.30. The maximum absolute atomic E-state index is 12.6. The second-order valence-electron chi connectivity index (χ2n) is 4.59. The van der Waals surface area contributed by atoms with Gasteiger partial charge in [0.25, 0.3) is 5.91 Å². The van der Waals surface area contributed by atoms with E-state index in [1.54, 1.807) is 6.20 Å². The van der Waals surface area contributed by atoms with Gasteiger partial charge in [0.2, 0.25) is 0 Å². The van der Waals surface area contributed by atoms with Crippen LogP contribution in [-0.4, -0.2) is 40.8 Å². The van der Waals surface area contributed by atoms with E-state index in [0.29, 0.717) is 19.8 Å². The van der Waals surface area contributed by atoms with Crippen molar-refractivity contribution < 1.29 is 9.53 Å². The van der Waals surface area contributed by atoms with E-state index in [9.17, 15) is 4.79 Å². The average molecular weight is 277 g/mol. The third kappa shape index (κ3) is 2.41. The number of aromatic amines is 1. The summed E-state index contributed by atoms with van der Waals surface area (Å²) in [4.78, 5) is 15.2. The van der Waals surface area contributed by atoms with Crippen molar-refractivity contribution in [3.63, 3.8) is 0 Å². The standard InChI is InChI=1S/C13H15N3O2S/c1-9-6-12(19-8-9)13(17)16-4-5-18-7-11(16)10-2-3-14-15-10/h2-3,6,8,11H,4-5,7H2,1H3,(H,14,15)/t11-/m1/s1. The molecule has 1 aliphatic rings.